The third-order valence-corrected chi connectivity index (χ3v) is 2.50. The zero-order valence-electron chi connectivity index (χ0n) is 10.2. The molecule has 2 heterocycles. The molecule has 0 aliphatic rings. The van der Waals surface area contributed by atoms with Gasteiger partial charge in [0.25, 0.3) is 5.69 Å². The molecule has 4 N–H and O–H groups in total. The number of nitrogens with one attached hydrogen (secondary N) is 2. The van der Waals surface area contributed by atoms with E-state index in [-0.39, 0.29) is 17.5 Å². The van der Waals surface area contributed by atoms with Gasteiger partial charge in [-0.15, -0.1) is 0 Å². The van der Waals surface area contributed by atoms with Crippen molar-refractivity contribution < 1.29 is 9.34 Å². The highest BCUT2D eigenvalue weighted by atomic mass is 16.6. The van der Waals surface area contributed by atoms with Crippen molar-refractivity contribution in [1.29, 1.82) is 0 Å². The average Bonchev–Trinajstić information content (AvgIpc) is 2.92. The minimum atomic E-state index is -0.509. The quantitative estimate of drug-likeness (QED) is 0.429. The maximum atomic E-state index is 10.8. The molecule has 0 fully saturated rings. The van der Waals surface area contributed by atoms with E-state index < -0.39 is 4.92 Å². The van der Waals surface area contributed by atoms with Crippen molar-refractivity contribution in [3.8, 4) is 0 Å². The van der Waals surface area contributed by atoms with Crippen molar-refractivity contribution >= 4 is 17.3 Å². The van der Waals surface area contributed by atoms with Crippen molar-refractivity contribution in [3.05, 3.63) is 46.4 Å². The fourth-order valence-electron chi connectivity index (χ4n) is 1.60. The van der Waals surface area contributed by atoms with E-state index in [1.807, 2.05) is 6.92 Å². The number of hydrogen-bond acceptors (Lipinski definition) is 7. The predicted octanol–water partition coefficient (Wildman–Crippen LogP) is 2.04. The summed E-state index contributed by atoms with van der Waals surface area (Å²) < 4.78 is 5.24. The smallest absolute Gasteiger partial charge is 0.276 e. The van der Waals surface area contributed by atoms with Crippen LogP contribution in [0.1, 0.15) is 18.7 Å². The van der Waals surface area contributed by atoms with Crippen LogP contribution in [-0.2, 0) is 0 Å². The first-order chi connectivity index (χ1) is 9.10. The van der Waals surface area contributed by atoms with Gasteiger partial charge in [-0.05, 0) is 19.1 Å². The molecule has 0 amide bonds. The van der Waals surface area contributed by atoms with Crippen molar-refractivity contribution in [2.45, 2.75) is 13.0 Å². The fourth-order valence-corrected chi connectivity index (χ4v) is 1.60. The molecule has 0 saturated heterocycles. The van der Waals surface area contributed by atoms with Gasteiger partial charge in [0.2, 0.25) is 0 Å². The zero-order chi connectivity index (χ0) is 13.8. The molecular formula is C11H13N5O3. The minimum absolute atomic E-state index is 0.0999. The van der Waals surface area contributed by atoms with E-state index in [0.29, 0.717) is 11.6 Å². The predicted molar refractivity (Wildman–Crippen MR) is 69.4 cm³/mol. The first-order valence-electron chi connectivity index (χ1n) is 5.53. The standard InChI is InChI=1S/C11H13N5O3/c1-7(9-3-2-4-19-9)13-10-5-8(16(17)18)6-11(14-10)15-12/h2-7H,12H2,1H3,(H2,13,14,15). The zero-order valence-corrected chi connectivity index (χ0v) is 10.2. The van der Waals surface area contributed by atoms with Crippen LogP contribution in [0, 0.1) is 10.1 Å². The SMILES string of the molecule is CC(Nc1cc([N+](=O)[O-])cc(NN)n1)c1ccco1. The van der Waals surface area contributed by atoms with E-state index in [1.165, 1.54) is 12.1 Å². The second-order valence-electron chi connectivity index (χ2n) is 3.88. The molecule has 1 atom stereocenters. The number of hydrazine groups is 1. The van der Waals surface area contributed by atoms with Crippen LogP contribution >= 0.6 is 0 Å². The molecule has 0 bridgehead atoms. The van der Waals surface area contributed by atoms with Crippen LogP contribution in [-0.4, -0.2) is 9.91 Å². The largest absolute Gasteiger partial charge is 0.467 e. The average molecular weight is 263 g/mol. The Balaban J connectivity index is 2.24. The normalized spacial score (nSPS) is 11.9. The minimum Gasteiger partial charge on any atom is -0.467 e. The van der Waals surface area contributed by atoms with E-state index in [2.05, 4.69) is 15.7 Å². The van der Waals surface area contributed by atoms with Gasteiger partial charge < -0.3 is 15.2 Å². The van der Waals surface area contributed by atoms with Crippen molar-refractivity contribution in [3.63, 3.8) is 0 Å². The molecule has 0 saturated carbocycles. The molecule has 0 aromatic carbocycles. The second-order valence-corrected chi connectivity index (χ2v) is 3.88. The summed E-state index contributed by atoms with van der Waals surface area (Å²) in [7, 11) is 0. The highest BCUT2D eigenvalue weighted by Gasteiger charge is 2.14. The van der Waals surface area contributed by atoms with Gasteiger partial charge in [0.05, 0.1) is 29.4 Å². The monoisotopic (exact) mass is 263 g/mol. The van der Waals surface area contributed by atoms with Crippen molar-refractivity contribution in [1.82, 2.24) is 4.98 Å². The highest BCUT2D eigenvalue weighted by molar-refractivity contribution is 5.54. The van der Waals surface area contributed by atoms with Gasteiger partial charge in [-0.3, -0.25) is 10.1 Å². The van der Waals surface area contributed by atoms with Crippen molar-refractivity contribution in [2.24, 2.45) is 5.84 Å². The Kier molecular flexibility index (Phi) is 3.62. The van der Waals surface area contributed by atoms with Crippen molar-refractivity contribution in [2.75, 3.05) is 10.7 Å². The summed E-state index contributed by atoms with van der Waals surface area (Å²) in [6.45, 7) is 1.86. The Hall–Kier alpha value is -2.61. The first kappa shape index (κ1) is 12.8. The lowest BCUT2D eigenvalue weighted by Gasteiger charge is -2.12. The molecule has 0 radical (unpaired) electrons. The molecule has 8 nitrogen and oxygen atoms in total. The Bertz CT molecular complexity index is 570. The molecule has 19 heavy (non-hydrogen) atoms. The maximum Gasteiger partial charge on any atom is 0.276 e. The fraction of sp³-hybridized carbons (Fsp3) is 0.182. The first-order valence-corrected chi connectivity index (χ1v) is 5.53. The van der Waals surface area contributed by atoms with E-state index in [4.69, 9.17) is 10.3 Å². The molecule has 100 valence electrons. The number of nitrogen functional groups attached to an aromatic ring is 1. The van der Waals surface area contributed by atoms with Crippen LogP contribution in [0.25, 0.3) is 0 Å². The summed E-state index contributed by atoms with van der Waals surface area (Å²) in [4.78, 5) is 14.4. The van der Waals surface area contributed by atoms with Gasteiger partial charge in [0.1, 0.15) is 17.4 Å². The maximum absolute atomic E-state index is 10.8. The van der Waals surface area contributed by atoms with Crippen LogP contribution in [0.3, 0.4) is 0 Å². The number of hydrogen-bond donors (Lipinski definition) is 3. The lowest BCUT2D eigenvalue weighted by atomic mass is 10.2. The molecule has 0 aliphatic heterocycles. The van der Waals surface area contributed by atoms with Gasteiger partial charge in [0, 0.05) is 0 Å². The Morgan fingerprint density at radius 2 is 2.21 bits per heavy atom. The highest BCUT2D eigenvalue weighted by Crippen LogP contribution is 2.24. The number of nitrogens with zero attached hydrogens (tertiary/aromatic N) is 2. The molecule has 2 aromatic heterocycles. The topological polar surface area (TPSA) is 119 Å². The van der Waals surface area contributed by atoms with Gasteiger partial charge in [-0.25, -0.2) is 10.8 Å². The van der Waals surface area contributed by atoms with E-state index in [9.17, 15) is 10.1 Å². The molecule has 2 aromatic rings. The molecule has 0 spiro atoms. The summed E-state index contributed by atoms with van der Waals surface area (Å²) >= 11 is 0. The Labute approximate surface area is 108 Å². The van der Waals surface area contributed by atoms with Crippen LogP contribution in [0.5, 0.6) is 0 Å². The Morgan fingerprint density at radius 1 is 1.47 bits per heavy atom. The number of nitro groups is 1. The summed E-state index contributed by atoms with van der Waals surface area (Å²) in [5.74, 6) is 6.49. The van der Waals surface area contributed by atoms with Crippen LogP contribution in [0.4, 0.5) is 17.3 Å². The summed E-state index contributed by atoms with van der Waals surface area (Å²) in [5.41, 5.74) is 2.19. The number of nitrogens with two attached hydrogens (primary N) is 1. The lowest BCUT2D eigenvalue weighted by Crippen LogP contribution is -2.12. The number of aromatic nitrogens is 1. The van der Waals surface area contributed by atoms with Gasteiger partial charge >= 0.3 is 0 Å². The molecule has 2 rings (SSSR count). The molecule has 0 aliphatic carbocycles. The summed E-state index contributed by atoms with van der Waals surface area (Å²) in [5, 5.41) is 13.8. The van der Waals surface area contributed by atoms with E-state index in [1.54, 1.807) is 18.4 Å². The van der Waals surface area contributed by atoms with Crippen LogP contribution in [0.2, 0.25) is 0 Å². The number of rotatable bonds is 5. The van der Waals surface area contributed by atoms with Gasteiger partial charge in [-0.1, -0.05) is 0 Å². The summed E-state index contributed by atoms with van der Waals surface area (Å²) in [6.07, 6.45) is 1.56. The second kappa shape index (κ2) is 5.36. The van der Waals surface area contributed by atoms with Gasteiger partial charge in [0.15, 0.2) is 0 Å². The summed E-state index contributed by atoms with van der Waals surface area (Å²) in [6, 6.07) is 5.98. The Morgan fingerprint density at radius 3 is 2.79 bits per heavy atom. The molecular weight excluding hydrogens is 250 g/mol. The number of pyridine rings is 1. The molecule has 8 heteroatoms. The van der Waals surface area contributed by atoms with Crippen LogP contribution in [0.15, 0.2) is 34.9 Å². The van der Waals surface area contributed by atoms with Crippen LogP contribution < -0.4 is 16.6 Å². The number of anilines is 2. The molecule has 1 unspecified atom stereocenters. The lowest BCUT2D eigenvalue weighted by molar-refractivity contribution is -0.384. The van der Waals surface area contributed by atoms with E-state index >= 15 is 0 Å². The third-order valence-electron chi connectivity index (χ3n) is 2.50. The van der Waals surface area contributed by atoms with E-state index in [0.717, 1.165) is 0 Å². The number of furan rings is 1. The third kappa shape index (κ3) is 2.99. The van der Waals surface area contributed by atoms with Gasteiger partial charge in [-0.2, -0.15) is 0 Å².